The Bertz CT molecular complexity index is 1360. The van der Waals surface area contributed by atoms with Crippen LogP contribution in [-0.2, 0) is 36.8 Å². The summed E-state index contributed by atoms with van der Waals surface area (Å²) in [6.45, 7) is 4.49. The molecule has 0 bridgehead atoms. The Kier molecular flexibility index (Phi) is 13.6. The summed E-state index contributed by atoms with van der Waals surface area (Å²) in [7, 11) is 0. The number of nitrogens with two attached hydrogens (primary N) is 1. The number of hydrogen-bond acceptors (Lipinski definition) is 8. The Morgan fingerprint density at radius 3 is 2.00 bits per heavy atom. The number of aliphatic carboxylic acids is 1. The molecule has 4 unspecified atom stereocenters. The zero-order valence-corrected chi connectivity index (χ0v) is 24.7. The maximum absolute atomic E-state index is 13.1. The highest BCUT2D eigenvalue weighted by atomic mass is 16.4. The van der Waals surface area contributed by atoms with Crippen molar-refractivity contribution in [2.75, 3.05) is 6.54 Å². The molecule has 15 heteroatoms. The van der Waals surface area contributed by atoms with E-state index in [9.17, 15) is 34.2 Å². The van der Waals surface area contributed by atoms with Gasteiger partial charge in [-0.15, -0.1) is 0 Å². The van der Waals surface area contributed by atoms with Crippen molar-refractivity contribution in [2.24, 2.45) is 16.8 Å². The largest absolute Gasteiger partial charge is 0.508 e. The van der Waals surface area contributed by atoms with Gasteiger partial charge >= 0.3 is 5.97 Å². The van der Waals surface area contributed by atoms with Gasteiger partial charge in [0.05, 0.1) is 12.6 Å². The Balaban J connectivity index is 2.01. The first kappa shape index (κ1) is 35.1. The number of phenolic OH excluding ortho intramolecular Hbond substituents is 1. The lowest BCUT2D eigenvalue weighted by molar-refractivity contribution is -0.142. The summed E-state index contributed by atoms with van der Waals surface area (Å²) < 4.78 is 0. The van der Waals surface area contributed by atoms with Crippen LogP contribution in [0.15, 0.2) is 53.6 Å². The van der Waals surface area contributed by atoms with Gasteiger partial charge < -0.3 is 37.2 Å². The van der Waals surface area contributed by atoms with Crippen LogP contribution in [0.2, 0.25) is 0 Å². The number of nitrogens with zero attached hydrogens (tertiary/aromatic N) is 3. The molecule has 0 aliphatic rings. The summed E-state index contributed by atoms with van der Waals surface area (Å²) >= 11 is 0. The molecule has 0 saturated carbocycles. The van der Waals surface area contributed by atoms with Crippen LogP contribution in [0.5, 0.6) is 5.75 Å². The van der Waals surface area contributed by atoms with E-state index in [0.717, 1.165) is 0 Å². The van der Waals surface area contributed by atoms with Gasteiger partial charge in [0, 0.05) is 17.0 Å². The van der Waals surface area contributed by atoms with Crippen molar-refractivity contribution < 1.29 is 34.2 Å². The fraction of sp³-hybridized carbons (Fsp3) is 0.414. The van der Waals surface area contributed by atoms with Crippen LogP contribution in [0, 0.1) is 5.92 Å². The first-order valence-corrected chi connectivity index (χ1v) is 13.9. The Morgan fingerprint density at radius 1 is 0.841 bits per heavy atom. The fourth-order valence-electron chi connectivity index (χ4n) is 4.09. The molecule has 0 fully saturated rings. The molecule has 0 radical (unpaired) electrons. The van der Waals surface area contributed by atoms with E-state index < -0.39 is 60.3 Å². The number of aromatic hydroxyl groups is 1. The van der Waals surface area contributed by atoms with Gasteiger partial charge in [-0.05, 0) is 54.5 Å². The molecule has 0 aliphatic heterocycles. The average Bonchev–Trinajstić information content (AvgIpc) is 2.97. The summed E-state index contributed by atoms with van der Waals surface area (Å²) in [5, 5.41) is 32.3. The molecule has 2 aromatic rings. The number of amides is 4. The number of carboxylic acid groups (broad SMARTS) is 1. The van der Waals surface area contributed by atoms with E-state index in [-0.39, 0.29) is 30.9 Å². The number of carbonyl (C=O) groups excluding carboxylic acids is 4. The highest BCUT2D eigenvalue weighted by Gasteiger charge is 2.28. The Labute approximate surface area is 254 Å². The Morgan fingerprint density at radius 2 is 1.43 bits per heavy atom. The molecule has 8 N–H and O–H groups in total. The van der Waals surface area contributed by atoms with Gasteiger partial charge in [-0.2, -0.15) is 0 Å². The van der Waals surface area contributed by atoms with Crippen molar-refractivity contribution in [3.8, 4) is 5.75 Å². The van der Waals surface area contributed by atoms with E-state index >= 15 is 0 Å². The smallest absolute Gasteiger partial charge is 0.326 e. The van der Waals surface area contributed by atoms with E-state index in [1.165, 1.54) is 31.2 Å². The summed E-state index contributed by atoms with van der Waals surface area (Å²) in [5.41, 5.74) is 16.2. The molecule has 2 aromatic carbocycles. The third kappa shape index (κ3) is 12.0. The van der Waals surface area contributed by atoms with Gasteiger partial charge in [0.1, 0.15) is 23.9 Å². The van der Waals surface area contributed by atoms with Crippen molar-refractivity contribution >= 4 is 35.3 Å². The minimum atomic E-state index is -1.22. The summed E-state index contributed by atoms with van der Waals surface area (Å²) in [5.74, 6) is -3.92. The molecule has 0 spiro atoms. The molecule has 236 valence electrons. The predicted octanol–water partition coefficient (Wildman–Crippen LogP) is 1.17. The van der Waals surface area contributed by atoms with Crippen molar-refractivity contribution in [2.45, 2.75) is 64.2 Å². The van der Waals surface area contributed by atoms with Crippen molar-refractivity contribution in [1.82, 2.24) is 21.3 Å². The first-order valence-electron chi connectivity index (χ1n) is 13.9. The van der Waals surface area contributed by atoms with E-state index in [2.05, 4.69) is 31.3 Å². The number of benzene rings is 2. The number of carboxylic acids is 1. The second-order valence-corrected chi connectivity index (χ2v) is 10.6. The third-order valence-corrected chi connectivity index (χ3v) is 6.41. The topological polar surface area (TPSA) is 249 Å². The second-order valence-electron chi connectivity index (χ2n) is 10.6. The highest BCUT2D eigenvalue weighted by molar-refractivity contribution is 5.94. The van der Waals surface area contributed by atoms with E-state index in [1.54, 1.807) is 24.3 Å². The molecular formula is C29H38N8O7. The molecule has 0 aromatic heterocycles. The van der Waals surface area contributed by atoms with E-state index in [1.807, 2.05) is 13.8 Å². The Hall–Kier alpha value is -5.14. The molecule has 4 atom stereocenters. The van der Waals surface area contributed by atoms with Crippen molar-refractivity contribution in [1.29, 1.82) is 0 Å². The predicted molar refractivity (Wildman–Crippen MR) is 160 cm³/mol. The summed E-state index contributed by atoms with van der Waals surface area (Å²) in [6, 6.07) is 8.02. The van der Waals surface area contributed by atoms with Crippen LogP contribution in [0.1, 0.15) is 38.3 Å². The number of carbonyl (C=O) groups is 5. The zero-order chi connectivity index (χ0) is 32.8. The normalized spacial score (nSPS) is 13.4. The average molecular weight is 611 g/mol. The molecule has 44 heavy (non-hydrogen) atoms. The van der Waals surface area contributed by atoms with Gasteiger partial charge in [0.15, 0.2) is 0 Å². The van der Waals surface area contributed by atoms with E-state index in [4.69, 9.17) is 11.3 Å². The molecule has 0 aliphatic carbocycles. The van der Waals surface area contributed by atoms with Gasteiger partial charge in [0.25, 0.3) is 0 Å². The third-order valence-electron chi connectivity index (χ3n) is 6.41. The maximum atomic E-state index is 13.1. The maximum Gasteiger partial charge on any atom is 0.326 e. The van der Waals surface area contributed by atoms with Gasteiger partial charge in [0.2, 0.25) is 23.6 Å². The monoisotopic (exact) mass is 610 g/mol. The lowest BCUT2D eigenvalue weighted by Gasteiger charge is -2.23. The fourth-order valence-corrected chi connectivity index (χ4v) is 4.09. The summed E-state index contributed by atoms with van der Waals surface area (Å²) in [4.78, 5) is 65.3. The number of nitrogens with one attached hydrogen (secondary N) is 4. The number of hydrogen-bond donors (Lipinski definition) is 7. The van der Waals surface area contributed by atoms with Crippen LogP contribution in [-0.4, -0.2) is 70.5 Å². The molecule has 0 saturated heterocycles. The molecule has 4 amide bonds. The molecule has 2 rings (SSSR count). The van der Waals surface area contributed by atoms with Crippen LogP contribution in [0.25, 0.3) is 10.4 Å². The van der Waals surface area contributed by atoms with Gasteiger partial charge in [-0.3, -0.25) is 19.2 Å². The number of azide groups is 1. The lowest BCUT2D eigenvalue weighted by Crippen LogP contribution is -2.55. The standard InChI is InChI=1S/C29H38N8O7/c1-16(2)12-24(29(43)44)35-28(42)23(14-19-4-8-20(9-5-19)36-37-31)34-25(39)15-32-26(40)17(3)33-27(41)22(30)13-18-6-10-21(38)11-7-18/h4-11,16-17,22-24,38H,12-15,30H2,1-3H3,(H,32,40)(H,33,41)(H,34,39)(H,35,42)(H,43,44). The SMILES string of the molecule is CC(C)CC(NC(=O)C(Cc1ccc(N=[N+]=[N-])cc1)NC(=O)CNC(=O)C(C)NC(=O)C(N)Cc1ccc(O)cc1)C(=O)O. The summed E-state index contributed by atoms with van der Waals surface area (Å²) in [6.07, 6.45) is 0.308. The van der Waals surface area contributed by atoms with Gasteiger partial charge in [-0.1, -0.05) is 55.4 Å². The first-order chi connectivity index (χ1) is 20.8. The van der Waals surface area contributed by atoms with Crippen LogP contribution in [0.4, 0.5) is 5.69 Å². The zero-order valence-electron chi connectivity index (χ0n) is 24.7. The molecule has 0 heterocycles. The minimum absolute atomic E-state index is 0.0263. The van der Waals surface area contributed by atoms with Gasteiger partial charge in [-0.25, -0.2) is 4.79 Å². The molecular weight excluding hydrogens is 572 g/mol. The number of phenols is 1. The van der Waals surface area contributed by atoms with E-state index in [0.29, 0.717) is 16.8 Å². The van der Waals surface area contributed by atoms with Crippen molar-refractivity contribution in [3.05, 3.63) is 70.1 Å². The molecule has 15 nitrogen and oxygen atoms in total. The highest BCUT2D eigenvalue weighted by Crippen LogP contribution is 2.15. The van der Waals surface area contributed by atoms with Crippen molar-refractivity contribution in [3.63, 3.8) is 0 Å². The minimum Gasteiger partial charge on any atom is -0.508 e. The quantitative estimate of drug-likeness (QED) is 0.0823. The van der Waals surface area contributed by atoms with Crippen LogP contribution >= 0.6 is 0 Å². The van der Waals surface area contributed by atoms with Crippen LogP contribution in [0.3, 0.4) is 0 Å². The lowest BCUT2D eigenvalue weighted by atomic mass is 10.0. The second kappa shape index (κ2) is 17.1. The van der Waals surface area contributed by atoms with Crippen LogP contribution < -0.4 is 27.0 Å². The number of rotatable bonds is 16.